The molecular weight excluding hydrogens is 416 g/mol. The number of carbonyl (C=O) groups is 1. The molecule has 1 saturated heterocycles. The summed E-state index contributed by atoms with van der Waals surface area (Å²) in [4.78, 5) is 23.6. The van der Waals surface area contributed by atoms with Crippen molar-refractivity contribution in [3.05, 3.63) is 35.2 Å². The van der Waals surface area contributed by atoms with Crippen LogP contribution >= 0.6 is 0 Å². The fourth-order valence-electron chi connectivity index (χ4n) is 3.85. The van der Waals surface area contributed by atoms with Crippen LogP contribution in [0.1, 0.15) is 73.6 Å². The van der Waals surface area contributed by atoms with E-state index in [2.05, 4.69) is 15.1 Å². The van der Waals surface area contributed by atoms with Crippen LogP contribution in [-0.2, 0) is 10.0 Å². The molecule has 0 aromatic carbocycles. The van der Waals surface area contributed by atoms with E-state index in [4.69, 9.17) is 0 Å². The van der Waals surface area contributed by atoms with Crippen LogP contribution in [-0.4, -0.2) is 69.5 Å². The molecule has 3 heterocycles. The number of hydrogen-bond donors (Lipinski definition) is 0. The first-order valence-corrected chi connectivity index (χ1v) is 12.2. The Hall–Kier alpha value is -2.33. The van der Waals surface area contributed by atoms with Crippen LogP contribution in [0.3, 0.4) is 0 Å². The molecule has 1 aliphatic rings. The number of carbonyl (C=O) groups excluding carboxylic acids is 1. The molecule has 0 spiro atoms. The first-order valence-electron chi connectivity index (χ1n) is 10.8. The Labute approximate surface area is 184 Å². The van der Waals surface area contributed by atoms with Gasteiger partial charge in [0.15, 0.2) is 0 Å². The van der Waals surface area contributed by atoms with E-state index in [1.54, 1.807) is 35.8 Å². The van der Waals surface area contributed by atoms with Crippen LogP contribution < -0.4 is 0 Å². The second-order valence-electron chi connectivity index (χ2n) is 8.21. The van der Waals surface area contributed by atoms with Crippen LogP contribution in [0, 0.1) is 13.8 Å². The van der Waals surface area contributed by atoms with Crippen LogP contribution in [0.25, 0.3) is 0 Å². The molecule has 1 amide bonds. The Morgan fingerprint density at radius 1 is 1.23 bits per heavy atom. The van der Waals surface area contributed by atoms with Gasteiger partial charge in [-0.1, -0.05) is 0 Å². The topological polar surface area (TPSA) is 101 Å². The smallest absolute Gasteiger partial charge is 0.257 e. The van der Waals surface area contributed by atoms with Crippen molar-refractivity contribution < 1.29 is 13.2 Å². The van der Waals surface area contributed by atoms with Gasteiger partial charge in [0.2, 0.25) is 10.0 Å². The van der Waals surface area contributed by atoms with Gasteiger partial charge in [-0.3, -0.25) is 9.48 Å². The van der Waals surface area contributed by atoms with Gasteiger partial charge in [0.1, 0.15) is 10.7 Å². The van der Waals surface area contributed by atoms with Crippen molar-refractivity contribution in [3.63, 3.8) is 0 Å². The molecule has 0 bridgehead atoms. The van der Waals surface area contributed by atoms with E-state index < -0.39 is 10.0 Å². The first kappa shape index (κ1) is 23.3. The maximum absolute atomic E-state index is 13.2. The van der Waals surface area contributed by atoms with Gasteiger partial charge < -0.3 is 4.90 Å². The van der Waals surface area contributed by atoms with E-state index in [1.165, 1.54) is 4.31 Å². The fourth-order valence-corrected chi connectivity index (χ4v) is 5.51. The third kappa shape index (κ3) is 4.50. The van der Waals surface area contributed by atoms with Gasteiger partial charge in [-0.15, -0.1) is 0 Å². The highest BCUT2D eigenvalue weighted by Gasteiger charge is 2.36. The lowest BCUT2D eigenvalue weighted by Crippen LogP contribution is -2.31. The van der Waals surface area contributed by atoms with Gasteiger partial charge in [-0.05, 0) is 48.0 Å². The third-order valence-electron chi connectivity index (χ3n) is 5.81. The molecule has 0 saturated carbocycles. The van der Waals surface area contributed by atoms with Crippen molar-refractivity contribution >= 4 is 15.9 Å². The molecule has 0 aliphatic carbocycles. The van der Waals surface area contributed by atoms with Gasteiger partial charge in [-0.25, -0.2) is 18.4 Å². The molecule has 10 heteroatoms. The minimum atomic E-state index is -3.64. The molecule has 170 valence electrons. The second kappa shape index (κ2) is 9.04. The quantitative estimate of drug-likeness (QED) is 0.645. The number of sulfonamides is 1. The minimum Gasteiger partial charge on any atom is -0.339 e. The number of rotatable bonds is 7. The highest BCUT2D eigenvalue weighted by molar-refractivity contribution is 7.89. The predicted octanol–water partition coefficient (Wildman–Crippen LogP) is 2.53. The van der Waals surface area contributed by atoms with Crippen molar-refractivity contribution in [2.45, 2.75) is 64.8 Å². The zero-order valence-electron chi connectivity index (χ0n) is 19.2. The lowest BCUT2D eigenvalue weighted by Gasteiger charge is -2.20. The van der Waals surface area contributed by atoms with Gasteiger partial charge in [0.25, 0.3) is 5.91 Å². The van der Waals surface area contributed by atoms with Gasteiger partial charge in [0.05, 0.1) is 17.0 Å². The molecule has 31 heavy (non-hydrogen) atoms. The SMILES string of the molecule is CCN(CC)C(=O)c1cnc([C@H]2CCN(S(=O)(=O)c3cn(C(C)C)nc3C)C2)nc1C. The molecule has 1 aliphatic heterocycles. The number of nitrogens with zero attached hydrogens (tertiary/aromatic N) is 6. The maximum atomic E-state index is 13.2. The highest BCUT2D eigenvalue weighted by Crippen LogP contribution is 2.31. The van der Waals surface area contributed by atoms with Crippen molar-refractivity contribution in [2.24, 2.45) is 0 Å². The molecule has 0 N–H and O–H groups in total. The van der Waals surface area contributed by atoms with Gasteiger partial charge in [-0.2, -0.15) is 9.40 Å². The largest absolute Gasteiger partial charge is 0.339 e. The maximum Gasteiger partial charge on any atom is 0.257 e. The second-order valence-corrected chi connectivity index (χ2v) is 10.1. The summed E-state index contributed by atoms with van der Waals surface area (Å²) in [6.07, 6.45) is 3.82. The normalized spacial score (nSPS) is 17.5. The average Bonchev–Trinajstić information content (AvgIpc) is 3.36. The van der Waals surface area contributed by atoms with Gasteiger partial charge in [0, 0.05) is 50.5 Å². The molecule has 1 atom stereocenters. The first-order chi connectivity index (χ1) is 14.6. The zero-order valence-corrected chi connectivity index (χ0v) is 20.0. The van der Waals surface area contributed by atoms with Crippen LogP contribution in [0.4, 0.5) is 0 Å². The Morgan fingerprint density at radius 3 is 2.45 bits per heavy atom. The third-order valence-corrected chi connectivity index (χ3v) is 7.78. The summed E-state index contributed by atoms with van der Waals surface area (Å²) < 4.78 is 29.6. The molecule has 2 aromatic heterocycles. The molecule has 0 radical (unpaired) electrons. The molecule has 1 fully saturated rings. The van der Waals surface area contributed by atoms with Crippen molar-refractivity contribution in [1.82, 2.24) is 29.0 Å². The zero-order chi connectivity index (χ0) is 22.9. The molecule has 9 nitrogen and oxygen atoms in total. The van der Waals surface area contributed by atoms with Crippen LogP contribution in [0.2, 0.25) is 0 Å². The fraction of sp³-hybridized carbons (Fsp3) is 0.619. The summed E-state index contributed by atoms with van der Waals surface area (Å²) in [5.74, 6) is 0.398. The molecule has 0 unspecified atom stereocenters. The standard InChI is InChI=1S/C21H32N6O3S/c1-7-25(8-2)21(28)18-11-22-20(23-15(18)5)17-9-10-26(12-17)31(29,30)19-13-27(14(3)4)24-16(19)6/h11,13-14,17H,7-10,12H2,1-6H3/t17-/m0/s1. The van der Waals surface area contributed by atoms with E-state index in [1.807, 2.05) is 27.7 Å². The Balaban J connectivity index is 1.79. The predicted molar refractivity (Wildman–Crippen MR) is 117 cm³/mol. The monoisotopic (exact) mass is 448 g/mol. The summed E-state index contributed by atoms with van der Waals surface area (Å²) in [5.41, 5.74) is 1.62. The van der Waals surface area contributed by atoms with E-state index >= 15 is 0 Å². The Bertz CT molecular complexity index is 1060. The number of amides is 1. The summed E-state index contributed by atoms with van der Waals surface area (Å²) in [6.45, 7) is 13.3. The lowest BCUT2D eigenvalue weighted by molar-refractivity contribution is 0.0771. The number of aromatic nitrogens is 4. The summed E-state index contributed by atoms with van der Waals surface area (Å²) in [5, 5.41) is 4.34. The van der Waals surface area contributed by atoms with E-state index in [0.717, 1.165) is 0 Å². The number of hydrogen-bond acceptors (Lipinski definition) is 6. The Kier molecular flexibility index (Phi) is 6.80. The highest BCUT2D eigenvalue weighted by atomic mass is 32.2. The number of aryl methyl sites for hydroxylation is 2. The van der Waals surface area contributed by atoms with E-state index in [0.29, 0.717) is 55.4 Å². The lowest BCUT2D eigenvalue weighted by atomic mass is 10.1. The molecule has 2 aromatic rings. The van der Waals surface area contributed by atoms with Crippen molar-refractivity contribution in [2.75, 3.05) is 26.2 Å². The van der Waals surface area contributed by atoms with E-state index in [-0.39, 0.29) is 22.8 Å². The summed E-state index contributed by atoms with van der Waals surface area (Å²) in [7, 11) is -3.64. The minimum absolute atomic E-state index is 0.0812. The molecular formula is C21H32N6O3S. The summed E-state index contributed by atoms with van der Waals surface area (Å²) in [6, 6.07) is 0.0860. The summed E-state index contributed by atoms with van der Waals surface area (Å²) >= 11 is 0. The van der Waals surface area contributed by atoms with Gasteiger partial charge >= 0.3 is 0 Å². The van der Waals surface area contributed by atoms with Crippen molar-refractivity contribution in [1.29, 1.82) is 0 Å². The average molecular weight is 449 g/mol. The van der Waals surface area contributed by atoms with E-state index in [9.17, 15) is 13.2 Å². The van der Waals surface area contributed by atoms with Crippen molar-refractivity contribution in [3.8, 4) is 0 Å². The molecule has 3 rings (SSSR count). The van der Waals surface area contributed by atoms with Crippen LogP contribution in [0.15, 0.2) is 17.3 Å². The van der Waals surface area contributed by atoms with Crippen LogP contribution in [0.5, 0.6) is 0 Å². The Morgan fingerprint density at radius 2 is 1.90 bits per heavy atom.